The molecule has 2 aromatic rings. The molecule has 366 valence electrons. The molecule has 19 nitrogen and oxygen atoms in total. The Morgan fingerprint density at radius 1 is 0.574 bits per heavy atom. The third-order valence-electron chi connectivity index (χ3n) is 11.9. The van der Waals surface area contributed by atoms with Gasteiger partial charge in [0, 0.05) is 44.2 Å². The summed E-state index contributed by atoms with van der Waals surface area (Å²) in [6, 6.07) is 7.69. The Morgan fingerprint density at radius 3 is 1.38 bits per heavy atom. The van der Waals surface area contributed by atoms with E-state index in [1.165, 1.54) is 46.2 Å². The Balaban J connectivity index is 1.19. The Labute approximate surface area is 393 Å². The van der Waals surface area contributed by atoms with E-state index in [2.05, 4.69) is 20.1 Å². The summed E-state index contributed by atoms with van der Waals surface area (Å²) < 4.78 is 42.8. The largest absolute Gasteiger partial charge is 0.459 e. The predicted molar refractivity (Wildman–Crippen MR) is 239 cm³/mol. The lowest BCUT2D eigenvalue weighted by Gasteiger charge is -2.33. The van der Waals surface area contributed by atoms with Gasteiger partial charge in [-0.25, -0.2) is 28.8 Å². The highest BCUT2D eigenvalue weighted by molar-refractivity contribution is 5.95. The second-order valence-corrected chi connectivity index (χ2v) is 16.5. The molecule has 0 aromatic heterocycles. The molecule has 19 heteroatoms. The van der Waals surface area contributed by atoms with Crippen molar-refractivity contribution >= 4 is 54.3 Å². The van der Waals surface area contributed by atoms with Crippen LogP contribution in [0.4, 0.5) is 9.59 Å². The molecule has 0 atom stereocenters. The summed E-state index contributed by atoms with van der Waals surface area (Å²) in [4.78, 5) is 116. The maximum Gasteiger partial charge on any atom is 0.415 e. The van der Waals surface area contributed by atoms with Gasteiger partial charge in [0.2, 0.25) is 0 Å². The first-order chi connectivity index (χ1) is 32.8. The fraction of sp³-hybridized carbons (Fsp3) is 0.490. The predicted octanol–water partition coefficient (Wildman–Crippen LogP) is 6.59. The molecule has 0 bridgehead atoms. The molecule has 0 spiro atoms. The highest BCUT2D eigenvalue weighted by Crippen LogP contribution is 2.35. The summed E-state index contributed by atoms with van der Waals surface area (Å²) in [6.45, 7) is 7.61. The van der Waals surface area contributed by atoms with Gasteiger partial charge in [-0.1, -0.05) is 39.3 Å². The van der Waals surface area contributed by atoms with E-state index in [1.54, 1.807) is 0 Å². The van der Waals surface area contributed by atoms with Crippen molar-refractivity contribution in [2.45, 2.75) is 77.6 Å². The van der Waals surface area contributed by atoms with Crippen molar-refractivity contribution in [2.24, 2.45) is 23.7 Å². The summed E-state index contributed by atoms with van der Waals surface area (Å²) in [7, 11) is 0. The minimum atomic E-state index is -0.960. The Morgan fingerprint density at radius 2 is 0.985 bits per heavy atom. The SMILES string of the molecule is C=CC(=O)OCCOC(=O)c1cc(OC(=O)N2CCN(C(=O)Oc3ccc(OC(=O)C4CCC(CCCC)CC4)c(C(=O)OCCOC(=O)C=C)c3)CC2)ccc1OC(=O)C1CCC(C=O)CC1. The van der Waals surface area contributed by atoms with Crippen LogP contribution >= 0.6 is 0 Å². The van der Waals surface area contributed by atoms with Gasteiger partial charge in [0.25, 0.3) is 0 Å². The summed E-state index contributed by atoms with van der Waals surface area (Å²) in [5.74, 6) is -5.22. The van der Waals surface area contributed by atoms with Crippen molar-refractivity contribution in [1.82, 2.24) is 9.80 Å². The van der Waals surface area contributed by atoms with Gasteiger partial charge >= 0.3 is 48.0 Å². The number of ether oxygens (including phenoxy) is 8. The van der Waals surface area contributed by atoms with E-state index in [4.69, 9.17) is 37.9 Å². The molecule has 5 rings (SSSR count). The lowest BCUT2D eigenvalue weighted by molar-refractivity contribution is -0.141. The van der Waals surface area contributed by atoms with Crippen LogP contribution in [0.3, 0.4) is 0 Å². The molecule has 2 saturated carbocycles. The second kappa shape index (κ2) is 26.3. The van der Waals surface area contributed by atoms with Crippen molar-refractivity contribution in [1.29, 1.82) is 0 Å². The average molecular weight is 947 g/mol. The number of piperazine rings is 1. The zero-order valence-electron chi connectivity index (χ0n) is 38.2. The maximum absolute atomic E-state index is 13.4. The fourth-order valence-corrected chi connectivity index (χ4v) is 7.93. The molecule has 1 aliphatic heterocycles. The zero-order chi connectivity index (χ0) is 49.0. The van der Waals surface area contributed by atoms with Crippen molar-refractivity contribution in [3.8, 4) is 23.0 Å². The van der Waals surface area contributed by atoms with Crippen LogP contribution in [-0.2, 0) is 42.9 Å². The number of esters is 6. The van der Waals surface area contributed by atoms with Crippen LogP contribution in [0.5, 0.6) is 23.0 Å². The minimum Gasteiger partial charge on any atom is -0.459 e. The van der Waals surface area contributed by atoms with Gasteiger partial charge in [0.15, 0.2) is 0 Å². The van der Waals surface area contributed by atoms with Crippen molar-refractivity contribution in [3.05, 3.63) is 72.8 Å². The van der Waals surface area contributed by atoms with Crippen molar-refractivity contribution < 1.29 is 81.0 Å². The van der Waals surface area contributed by atoms with E-state index in [0.29, 0.717) is 44.4 Å². The summed E-state index contributed by atoms with van der Waals surface area (Å²) in [6.07, 6.45) is 9.57. The normalized spacial score (nSPS) is 19.0. The first kappa shape index (κ1) is 51.9. The van der Waals surface area contributed by atoms with Gasteiger partial charge in [-0.2, -0.15) is 0 Å². The van der Waals surface area contributed by atoms with Crippen LogP contribution in [0.25, 0.3) is 0 Å². The number of carbonyl (C=O) groups excluding carboxylic acids is 9. The number of aldehydes is 1. The number of hydrogen-bond acceptors (Lipinski definition) is 17. The van der Waals surface area contributed by atoms with Gasteiger partial charge in [-0.15, -0.1) is 0 Å². The average Bonchev–Trinajstić information content (AvgIpc) is 3.36. The zero-order valence-corrected chi connectivity index (χ0v) is 38.2. The maximum atomic E-state index is 13.4. The lowest BCUT2D eigenvalue weighted by Crippen LogP contribution is -2.52. The van der Waals surface area contributed by atoms with Crippen LogP contribution in [0, 0.1) is 23.7 Å². The van der Waals surface area contributed by atoms with Crippen LogP contribution in [-0.4, -0.2) is 117 Å². The smallest absolute Gasteiger partial charge is 0.415 e. The molecule has 2 amide bonds. The van der Waals surface area contributed by atoms with Crippen LogP contribution in [0.2, 0.25) is 0 Å². The Kier molecular flexibility index (Phi) is 20.1. The van der Waals surface area contributed by atoms with E-state index < -0.39 is 53.9 Å². The number of benzene rings is 2. The van der Waals surface area contributed by atoms with Crippen LogP contribution < -0.4 is 18.9 Å². The fourth-order valence-electron chi connectivity index (χ4n) is 7.93. The third-order valence-corrected chi connectivity index (χ3v) is 11.9. The van der Waals surface area contributed by atoms with Crippen LogP contribution in [0.1, 0.15) is 98.3 Å². The molecule has 2 aliphatic carbocycles. The molecule has 3 fully saturated rings. The molecular formula is C49H58N2O17. The lowest BCUT2D eigenvalue weighted by atomic mass is 9.80. The number of carbonyl (C=O) groups is 9. The first-order valence-corrected chi connectivity index (χ1v) is 22.8. The molecule has 0 unspecified atom stereocenters. The quantitative estimate of drug-likeness (QED) is 0.0340. The van der Waals surface area contributed by atoms with Crippen molar-refractivity contribution in [2.75, 3.05) is 52.6 Å². The number of unbranched alkanes of at least 4 members (excludes halogenated alkanes) is 1. The Bertz CT molecular complexity index is 2160. The van der Waals surface area contributed by atoms with E-state index in [9.17, 15) is 43.2 Å². The number of nitrogens with zero attached hydrogens (tertiary/aromatic N) is 2. The van der Waals surface area contributed by atoms with Gasteiger partial charge in [0.1, 0.15) is 66.8 Å². The monoisotopic (exact) mass is 946 g/mol. The standard InChI is InChI=1S/C49H58N2O17/c1-4-7-8-32-9-13-34(14-10-32)44(55)67-40-19-17-36(29-38(40)46(57)63-27-25-61-42(53)5-2)65-48(59)50-21-23-51(24-22-50)49(60)66-37-18-20-41(68-45(56)35-15-11-33(31-52)12-16-35)39(30-37)47(58)64-28-26-62-43(54)6-3/h5-6,17-20,29-35H,2-4,7-16,21-28H2,1H3. The van der Waals surface area contributed by atoms with E-state index in [1.807, 2.05) is 0 Å². The van der Waals surface area contributed by atoms with Gasteiger partial charge in [-0.05, 0) is 93.7 Å². The van der Waals surface area contributed by atoms with Gasteiger partial charge in [-0.3, -0.25) is 9.59 Å². The number of hydrogen-bond donors (Lipinski definition) is 0. The highest BCUT2D eigenvalue weighted by Gasteiger charge is 2.32. The highest BCUT2D eigenvalue weighted by atomic mass is 16.6. The van der Waals surface area contributed by atoms with Crippen molar-refractivity contribution in [3.63, 3.8) is 0 Å². The molecule has 1 heterocycles. The third kappa shape index (κ3) is 15.5. The number of amides is 2. The van der Waals surface area contributed by atoms with Gasteiger partial charge in [0.05, 0.1) is 11.8 Å². The molecule has 2 aromatic carbocycles. The number of rotatable bonds is 20. The van der Waals surface area contributed by atoms with E-state index >= 15 is 0 Å². The topological polar surface area (TPSA) is 234 Å². The van der Waals surface area contributed by atoms with E-state index in [-0.39, 0.29) is 98.6 Å². The van der Waals surface area contributed by atoms with E-state index in [0.717, 1.165) is 50.5 Å². The van der Waals surface area contributed by atoms with Gasteiger partial charge < -0.3 is 52.5 Å². The molecule has 0 N–H and O–H groups in total. The summed E-state index contributed by atoms with van der Waals surface area (Å²) in [5.41, 5.74) is -0.443. The summed E-state index contributed by atoms with van der Waals surface area (Å²) in [5, 5.41) is 0. The van der Waals surface area contributed by atoms with Crippen LogP contribution in [0.15, 0.2) is 61.7 Å². The first-order valence-electron chi connectivity index (χ1n) is 22.8. The molecule has 1 saturated heterocycles. The molecule has 0 radical (unpaired) electrons. The molecule has 3 aliphatic rings. The minimum absolute atomic E-state index is 0.0116. The second-order valence-electron chi connectivity index (χ2n) is 16.5. The Hall–Kier alpha value is -7.05. The molecular weight excluding hydrogens is 889 g/mol. The summed E-state index contributed by atoms with van der Waals surface area (Å²) >= 11 is 0. The molecule has 68 heavy (non-hydrogen) atoms.